The molecule has 47 heavy (non-hydrogen) atoms. The van der Waals surface area contributed by atoms with E-state index in [1.54, 1.807) is 0 Å². The number of nitrogens with two attached hydrogens (primary N) is 1. The van der Waals surface area contributed by atoms with Crippen molar-refractivity contribution < 1.29 is 22.6 Å². The van der Waals surface area contributed by atoms with Crippen LogP contribution in [0.4, 0.5) is 24.0 Å². The van der Waals surface area contributed by atoms with Crippen LogP contribution in [0.15, 0.2) is 12.1 Å². The molecule has 8 rings (SSSR count). The molecule has 14 heteroatoms. The van der Waals surface area contributed by atoms with Gasteiger partial charge in [-0.15, -0.1) is 11.3 Å². The van der Waals surface area contributed by atoms with Crippen LogP contribution in [0.5, 0.6) is 11.8 Å². The topological polar surface area (TPSA) is 101 Å². The third-order valence-electron chi connectivity index (χ3n) is 10.0. The van der Waals surface area contributed by atoms with Crippen LogP contribution in [0.1, 0.15) is 50.5 Å². The van der Waals surface area contributed by atoms with Gasteiger partial charge in [-0.2, -0.15) is 28.1 Å². The minimum Gasteiger partial charge on any atom is -0.491 e. The van der Waals surface area contributed by atoms with Gasteiger partial charge < -0.3 is 26.5 Å². The zero-order valence-electron chi connectivity index (χ0n) is 25.3. The molecule has 248 valence electrons. The summed E-state index contributed by atoms with van der Waals surface area (Å²) in [5.41, 5.74) is 5.77. The van der Waals surface area contributed by atoms with Crippen LogP contribution in [0.3, 0.4) is 0 Å². The molecule has 4 aromatic rings. The first-order chi connectivity index (χ1) is 22.3. The van der Waals surface area contributed by atoms with E-state index in [0.29, 0.717) is 43.7 Å². The molecule has 4 aliphatic heterocycles. The fraction of sp³-hybridized carbons (Fsp3) is 0.455. The number of nitrogen functional groups attached to an aromatic ring is 1. The summed E-state index contributed by atoms with van der Waals surface area (Å²) < 4.78 is 59.4. The van der Waals surface area contributed by atoms with Crippen LogP contribution >= 0.6 is 22.9 Å². The molecule has 2 unspecified atom stereocenters. The van der Waals surface area contributed by atoms with Crippen molar-refractivity contribution >= 4 is 54.7 Å². The first-order valence-corrected chi connectivity index (χ1v) is 16.9. The molecule has 3 fully saturated rings. The summed E-state index contributed by atoms with van der Waals surface area (Å²) in [5.74, 6) is -0.657. The maximum atomic E-state index is 17.2. The molecule has 4 aliphatic rings. The molecule has 6 heterocycles. The van der Waals surface area contributed by atoms with Crippen molar-refractivity contribution in [1.82, 2.24) is 14.9 Å². The number of fused-ring (bicyclic) bond motifs is 4. The minimum absolute atomic E-state index is 0. The Morgan fingerprint density at radius 1 is 1.23 bits per heavy atom. The fourth-order valence-electron chi connectivity index (χ4n) is 7.91. The van der Waals surface area contributed by atoms with Crippen molar-refractivity contribution in [1.29, 1.82) is 5.26 Å². The molecule has 2 aromatic heterocycles. The molecule has 2 N–H and O–H groups in total. The molecule has 0 radical (unpaired) electrons. The van der Waals surface area contributed by atoms with E-state index in [4.69, 9.17) is 31.8 Å². The van der Waals surface area contributed by atoms with Crippen molar-refractivity contribution in [3.8, 4) is 29.0 Å². The van der Waals surface area contributed by atoms with Gasteiger partial charge in [0.1, 0.15) is 41.0 Å². The molecule has 0 bridgehead atoms. The number of alkyl halides is 1. The fourth-order valence-corrected chi connectivity index (χ4v) is 9.19. The third-order valence-corrected chi connectivity index (χ3v) is 11.4. The van der Waals surface area contributed by atoms with Gasteiger partial charge in [-0.3, -0.25) is 4.90 Å². The van der Waals surface area contributed by atoms with Crippen LogP contribution in [0, 0.1) is 29.4 Å². The van der Waals surface area contributed by atoms with Crippen molar-refractivity contribution in [2.24, 2.45) is 0 Å². The number of rotatable bonds is 4. The van der Waals surface area contributed by atoms with E-state index in [1.165, 1.54) is 12.1 Å². The second-order valence-corrected chi connectivity index (χ2v) is 14.1. The van der Waals surface area contributed by atoms with Crippen molar-refractivity contribution in [2.45, 2.75) is 62.7 Å². The predicted molar refractivity (Wildman–Crippen MR) is 172 cm³/mol. The number of nitrogens with zero attached hydrogens (tertiary/aromatic N) is 5. The van der Waals surface area contributed by atoms with E-state index in [0.717, 1.165) is 50.0 Å². The van der Waals surface area contributed by atoms with Crippen LogP contribution in [-0.2, 0) is 0 Å². The van der Waals surface area contributed by atoms with E-state index in [9.17, 15) is 14.0 Å². The second kappa shape index (κ2) is 11.6. The SMILES string of the molecule is N#Cc1c(N)sc2c(F)ccc(-c3c(Cl)c4c5c(nc(OCC67CCCN6C[C@H](F)C7)nc5c3F)N3CCC[CH-]CC3CCO4)c12.[Cm]. The maximum absolute atomic E-state index is 17.2. The van der Waals surface area contributed by atoms with Crippen LogP contribution < -0.4 is 20.1 Å². The number of hydrogen-bond donors (Lipinski definition) is 1. The minimum atomic E-state index is -0.928. The van der Waals surface area contributed by atoms with Crippen molar-refractivity contribution in [3.63, 3.8) is 0 Å². The van der Waals surface area contributed by atoms with E-state index in [-0.39, 0.29) is 66.7 Å². The summed E-state index contributed by atoms with van der Waals surface area (Å²) in [4.78, 5) is 13.8. The van der Waals surface area contributed by atoms with E-state index in [2.05, 4.69) is 21.2 Å². The Hall–Kier alpha value is -4.53. The Kier molecular flexibility index (Phi) is 7.68. The Bertz CT molecular complexity index is 1940. The van der Waals surface area contributed by atoms with Crippen molar-refractivity contribution in [3.05, 3.63) is 40.8 Å². The first-order valence-electron chi connectivity index (χ1n) is 15.7. The molecule has 3 atom stereocenters. The number of hydrogen-bond acceptors (Lipinski definition) is 9. The van der Waals surface area contributed by atoms with Gasteiger partial charge in [0.15, 0.2) is 11.6 Å². The summed E-state index contributed by atoms with van der Waals surface area (Å²) in [7, 11) is 0. The Morgan fingerprint density at radius 2 is 2.09 bits per heavy atom. The summed E-state index contributed by atoms with van der Waals surface area (Å²) in [6, 6.07) is 4.71. The Morgan fingerprint density at radius 3 is 2.91 bits per heavy atom. The smallest absolute Gasteiger partial charge is 0.319 e. The largest absolute Gasteiger partial charge is 0.491 e. The average molecular weight is 915 g/mol. The molecule has 0 amide bonds. The first kappa shape index (κ1) is 31.1. The molecular formula is C33H31ClCmF3N6O2S-. The molecule has 0 aliphatic carbocycles. The molecule has 8 nitrogen and oxygen atoms in total. The van der Waals surface area contributed by atoms with Gasteiger partial charge in [0.05, 0.1) is 32.8 Å². The van der Waals surface area contributed by atoms with Crippen molar-refractivity contribution in [2.75, 3.05) is 43.5 Å². The normalized spacial score (nSPS) is 24.1. The van der Waals surface area contributed by atoms with E-state index < -0.39 is 23.3 Å². The number of nitriles is 1. The Labute approximate surface area is 272 Å². The molecule has 0 saturated carbocycles. The molecule has 3 saturated heterocycles. The summed E-state index contributed by atoms with van der Waals surface area (Å²) in [6.45, 7) is 2.37. The quantitative estimate of drug-likeness (QED) is 0.215. The molecule has 0 spiro atoms. The zero-order valence-corrected chi connectivity index (χ0v) is 29.8. The average Bonchev–Trinajstić information content (AvgIpc) is 3.61. The zero-order chi connectivity index (χ0) is 31.7. The number of ether oxygens (including phenoxy) is 2. The van der Waals surface area contributed by atoms with Gasteiger partial charge in [-0.1, -0.05) is 24.1 Å². The summed E-state index contributed by atoms with van der Waals surface area (Å²) in [6.07, 6.45) is 6.79. The monoisotopic (exact) mass is 910 g/mol. The van der Waals surface area contributed by atoms with Crippen LogP contribution in [0.25, 0.3) is 32.1 Å². The van der Waals surface area contributed by atoms with E-state index >= 15 is 4.39 Å². The number of thiophene rings is 1. The Balaban J connectivity index is 0.00000351. The molecular weight excluding hydrogens is 884 g/mol. The van der Waals surface area contributed by atoms with E-state index in [1.807, 2.05) is 6.07 Å². The number of anilines is 2. The summed E-state index contributed by atoms with van der Waals surface area (Å²) >= 11 is 7.97. The molecule has 2 aromatic carbocycles. The predicted octanol–water partition coefficient (Wildman–Crippen LogP) is 7.20. The van der Waals surface area contributed by atoms with Gasteiger partial charge in [0.2, 0.25) is 0 Å². The van der Waals surface area contributed by atoms with Gasteiger partial charge in [-0.25, -0.2) is 13.2 Å². The number of aromatic nitrogens is 2. The second-order valence-electron chi connectivity index (χ2n) is 12.7. The third kappa shape index (κ3) is 4.76. The van der Waals surface area contributed by atoms with Crippen LogP contribution in [-0.4, -0.2) is 65.5 Å². The van der Waals surface area contributed by atoms with Gasteiger partial charge >= 0.3 is 6.01 Å². The van der Waals surface area contributed by atoms with Gasteiger partial charge in [0, 0.05) is 36.5 Å². The van der Waals surface area contributed by atoms with Gasteiger partial charge in [0.25, 0.3) is 0 Å². The number of benzene rings is 2. The summed E-state index contributed by atoms with van der Waals surface area (Å²) in [5, 5.41) is 10.5. The standard InChI is InChI=1S/C33H31ClF3N6O2S.Cm/c34-25-23(19-6-7-21(36)29-22(19)20(14-38)30(39)46-29)26(37)27-24-28(25)44-12-8-18-5-2-1-3-11-43(18)31(24)41-32(40-27)45-16-33-9-4-10-42(33)15-17(35)13-33;/h2,6-7,17-18H,1,3-5,8-13,15-16,39H2;/q-1;/t17-,18?,33?;/m1./s1. The maximum Gasteiger partial charge on any atom is 0.319 e. The van der Waals surface area contributed by atoms with Crippen LogP contribution in [0.2, 0.25) is 5.02 Å². The number of halogens is 4. The van der Waals surface area contributed by atoms with Gasteiger partial charge in [-0.05, 0) is 37.4 Å².